The van der Waals surface area contributed by atoms with Crippen molar-refractivity contribution in [3.05, 3.63) is 155 Å². The smallest absolute Gasteiger partial charge is 0.146 e. The first kappa shape index (κ1) is 36.2. The quantitative estimate of drug-likeness (QED) is 0.0995. The Balaban J connectivity index is 1.13. The van der Waals surface area contributed by atoms with Gasteiger partial charge in [-0.3, -0.25) is 0 Å². The second-order valence-corrected chi connectivity index (χ2v) is 21.3. The van der Waals surface area contributed by atoms with Crippen LogP contribution in [0, 0.1) is 35.5 Å². The molecule has 4 nitrogen and oxygen atoms in total. The fraction of sp³-hybridized carbons (Fsp3) is 0.368. The lowest BCUT2D eigenvalue weighted by molar-refractivity contribution is -0.00530. The summed E-state index contributed by atoms with van der Waals surface area (Å²) in [6.45, 7) is 0. The lowest BCUT2D eigenvalue weighted by Gasteiger charge is -2.57. The van der Waals surface area contributed by atoms with Crippen molar-refractivity contribution in [1.82, 2.24) is 0 Å². The zero-order chi connectivity index (χ0) is 40.8. The van der Waals surface area contributed by atoms with Gasteiger partial charge in [-0.25, -0.2) is 0 Å². The fourth-order valence-electron chi connectivity index (χ4n) is 16.1. The number of fused-ring (bicyclic) bond motifs is 3. The number of phenols is 2. The molecule has 0 atom stereocenters. The first-order valence-electron chi connectivity index (χ1n) is 23.4. The van der Waals surface area contributed by atoms with Crippen molar-refractivity contribution in [2.24, 2.45) is 35.5 Å². The van der Waals surface area contributed by atoms with Crippen molar-refractivity contribution in [2.45, 2.75) is 93.3 Å². The normalized spacial score (nSPS) is 30.7. The highest BCUT2D eigenvalue weighted by Crippen LogP contribution is 2.66. The molecule has 0 aromatic heterocycles. The minimum atomic E-state index is -0.863. The Labute approximate surface area is 360 Å². The molecule has 8 bridgehead atoms. The highest BCUT2D eigenvalue weighted by Gasteiger charge is 2.55. The Morgan fingerprint density at radius 1 is 0.377 bits per heavy atom. The van der Waals surface area contributed by atoms with Crippen LogP contribution in [-0.4, -0.2) is 10.2 Å². The molecule has 0 radical (unpaired) electrons. The molecule has 9 aliphatic rings. The zero-order valence-electron chi connectivity index (χ0n) is 35.0. The van der Waals surface area contributed by atoms with E-state index in [1.54, 1.807) is 0 Å². The standard InChI is InChI=1S/C57H56N2O2/c58-51-25-43(21-47(53(51)60)39-7-3-1-4-8-39)57(44-22-48(54(61)52(59)26-44)40-9-5-2-6-10-40)49-23-41(55-27-33-15-34(28-55)17-35(16-33)29-55)11-13-45(49)46-14-12-42(24-50(46)57)56-30-36-18-37(31-56)20-38(19-36)32-56/h1-14,21-26,33-38,60-61H,15-20,27-32,58-59H2. The van der Waals surface area contributed by atoms with Gasteiger partial charge in [0.1, 0.15) is 11.5 Å². The molecule has 9 aliphatic carbocycles. The van der Waals surface area contributed by atoms with E-state index in [4.69, 9.17) is 11.5 Å². The van der Waals surface area contributed by atoms with Crippen LogP contribution in [0.25, 0.3) is 33.4 Å². The number of anilines is 2. The third kappa shape index (κ3) is 5.17. The first-order valence-corrected chi connectivity index (χ1v) is 23.4. The molecule has 306 valence electrons. The van der Waals surface area contributed by atoms with Crippen molar-refractivity contribution >= 4 is 11.4 Å². The number of benzene rings is 6. The van der Waals surface area contributed by atoms with Gasteiger partial charge in [0.15, 0.2) is 0 Å². The molecule has 0 aliphatic heterocycles. The average molecular weight is 801 g/mol. The number of nitrogens with two attached hydrogens (primary N) is 2. The molecule has 15 rings (SSSR count). The number of aromatic hydroxyl groups is 2. The molecule has 61 heavy (non-hydrogen) atoms. The Hall–Kier alpha value is -5.48. The van der Waals surface area contributed by atoms with Crippen LogP contribution in [0.4, 0.5) is 11.4 Å². The third-order valence-corrected chi connectivity index (χ3v) is 17.8. The van der Waals surface area contributed by atoms with E-state index < -0.39 is 5.41 Å². The maximum absolute atomic E-state index is 11.8. The SMILES string of the molecule is Nc1cc(C2(c3cc(N)c(O)c(-c4ccccc4)c3)c3cc(C45CC6CC(CC(C6)C4)C5)ccc3-c3ccc(C45CC6CC(CC(C6)C4)C5)cc32)cc(-c2ccccc2)c1O. The lowest BCUT2D eigenvalue weighted by Crippen LogP contribution is -2.48. The Morgan fingerprint density at radius 3 is 1.07 bits per heavy atom. The van der Waals surface area contributed by atoms with Gasteiger partial charge >= 0.3 is 0 Å². The molecular formula is C57H56N2O2. The van der Waals surface area contributed by atoms with E-state index in [0.29, 0.717) is 11.4 Å². The molecule has 4 heteroatoms. The molecule has 0 amide bonds. The van der Waals surface area contributed by atoms with Crippen LogP contribution in [-0.2, 0) is 16.2 Å². The van der Waals surface area contributed by atoms with Crippen molar-refractivity contribution in [2.75, 3.05) is 11.5 Å². The molecule has 6 aromatic carbocycles. The molecule has 0 spiro atoms. The molecule has 0 saturated heterocycles. The summed E-state index contributed by atoms with van der Waals surface area (Å²) in [7, 11) is 0. The van der Waals surface area contributed by atoms with E-state index in [0.717, 1.165) is 68.9 Å². The summed E-state index contributed by atoms with van der Waals surface area (Å²) >= 11 is 0. The molecule has 0 unspecified atom stereocenters. The molecule has 6 aromatic rings. The van der Waals surface area contributed by atoms with Crippen molar-refractivity contribution in [1.29, 1.82) is 0 Å². The molecular weight excluding hydrogens is 745 g/mol. The number of hydrogen-bond acceptors (Lipinski definition) is 4. The van der Waals surface area contributed by atoms with E-state index in [-0.39, 0.29) is 22.3 Å². The summed E-state index contributed by atoms with van der Waals surface area (Å²) in [5.41, 5.74) is 27.5. The van der Waals surface area contributed by atoms with Gasteiger partial charge in [-0.05, 0) is 203 Å². The summed E-state index contributed by atoms with van der Waals surface area (Å²) in [5.74, 6) is 5.12. The highest BCUT2D eigenvalue weighted by molar-refractivity contribution is 5.91. The van der Waals surface area contributed by atoms with Gasteiger partial charge in [0.05, 0.1) is 16.8 Å². The van der Waals surface area contributed by atoms with Gasteiger partial charge in [-0.15, -0.1) is 0 Å². The van der Waals surface area contributed by atoms with Crippen molar-refractivity contribution in [3.63, 3.8) is 0 Å². The Bertz CT molecular complexity index is 2510. The predicted octanol–water partition coefficient (Wildman–Crippen LogP) is 12.9. The summed E-state index contributed by atoms with van der Waals surface area (Å²) in [6, 6.07) is 44.0. The van der Waals surface area contributed by atoms with Crippen LogP contribution in [0.1, 0.15) is 110 Å². The second-order valence-electron chi connectivity index (χ2n) is 21.3. The first-order chi connectivity index (χ1) is 29.7. The Kier molecular flexibility index (Phi) is 7.59. The topological polar surface area (TPSA) is 92.5 Å². The van der Waals surface area contributed by atoms with Crippen LogP contribution in [0.5, 0.6) is 11.5 Å². The molecule has 8 saturated carbocycles. The van der Waals surface area contributed by atoms with E-state index in [2.05, 4.69) is 72.8 Å². The van der Waals surface area contributed by atoms with Gasteiger partial charge in [-0.1, -0.05) is 97.1 Å². The maximum atomic E-state index is 11.8. The van der Waals surface area contributed by atoms with Crippen LogP contribution < -0.4 is 11.5 Å². The van der Waals surface area contributed by atoms with E-state index >= 15 is 0 Å². The van der Waals surface area contributed by atoms with Crippen LogP contribution in [0.3, 0.4) is 0 Å². The predicted molar refractivity (Wildman–Crippen MR) is 246 cm³/mol. The third-order valence-electron chi connectivity index (χ3n) is 17.8. The lowest BCUT2D eigenvalue weighted by atomic mass is 9.47. The largest absolute Gasteiger partial charge is 0.505 e. The second kappa shape index (κ2) is 12.8. The van der Waals surface area contributed by atoms with Gasteiger partial charge < -0.3 is 21.7 Å². The van der Waals surface area contributed by atoms with Crippen molar-refractivity contribution in [3.8, 4) is 44.9 Å². The number of nitrogen functional groups attached to an aromatic ring is 2. The van der Waals surface area contributed by atoms with Gasteiger partial charge in [0.25, 0.3) is 0 Å². The fourth-order valence-corrected chi connectivity index (χ4v) is 16.1. The summed E-state index contributed by atoms with van der Waals surface area (Å²) in [4.78, 5) is 0. The molecule has 0 heterocycles. The number of hydrogen-bond donors (Lipinski definition) is 4. The summed E-state index contributed by atoms with van der Waals surface area (Å²) in [6.07, 6.45) is 16.1. The summed E-state index contributed by atoms with van der Waals surface area (Å²) < 4.78 is 0. The van der Waals surface area contributed by atoms with E-state index in [1.807, 2.05) is 48.5 Å². The van der Waals surface area contributed by atoms with Crippen LogP contribution in [0.15, 0.2) is 121 Å². The number of phenolic OH excluding ortho intramolecular Hbond substituents is 2. The van der Waals surface area contributed by atoms with Gasteiger partial charge in [0, 0.05) is 11.1 Å². The minimum absolute atomic E-state index is 0.100. The average Bonchev–Trinajstić information content (AvgIpc) is 3.55. The minimum Gasteiger partial charge on any atom is -0.505 e. The summed E-state index contributed by atoms with van der Waals surface area (Å²) in [5, 5.41) is 23.7. The molecule has 8 fully saturated rings. The van der Waals surface area contributed by atoms with E-state index in [1.165, 1.54) is 110 Å². The highest BCUT2D eigenvalue weighted by atomic mass is 16.3. The number of rotatable bonds is 6. The van der Waals surface area contributed by atoms with Crippen LogP contribution >= 0.6 is 0 Å². The van der Waals surface area contributed by atoms with Crippen molar-refractivity contribution < 1.29 is 10.2 Å². The van der Waals surface area contributed by atoms with E-state index in [9.17, 15) is 10.2 Å². The van der Waals surface area contributed by atoms with Crippen LogP contribution in [0.2, 0.25) is 0 Å². The zero-order valence-corrected chi connectivity index (χ0v) is 35.0. The van der Waals surface area contributed by atoms with Gasteiger partial charge in [-0.2, -0.15) is 0 Å². The molecule has 6 N–H and O–H groups in total. The maximum Gasteiger partial charge on any atom is 0.146 e. The van der Waals surface area contributed by atoms with Gasteiger partial charge in [0.2, 0.25) is 0 Å². The Morgan fingerprint density at radius 2 is 0.721 bits per heavy atom. The monoisotopic (exact) mass is 800 g/mol.